The summed E-state index contributed by atoms with van der Waals surface area (Å²) in [6.07, 6.45) is 0.154. The van der Waals surface area contributed by atoms with E-state index in [4.69, 9.17) is 0 Å². The predicted octanol–water partition coefficient (Wildman–Crippen LogP) is -0.0142. The van der Waals surface area contributed by atoms with E-state index in [-0.39, 0.29) is 12.2 Å². The highest BCUT2D eigenvalue weighted by molar-refractivity contribution is 5.99. The van der Waals surface area contributed by atoms with Crippen molar-refractivity contribution in [3.63, 3.8) is 0 Å². The number of rotatable bonds is 3. The van der Waals surface area contributed by atoms with E-state index in [9.17, 15) is 4.79 Å². The Balaban J connectivity index is 2.26. The molecule has 0 saturated heterocycles. The summed E-state index contributed by atoms with van der Waals surface area (Å²) in [7, 11) is 3.49. The maximum Gasteiger partial charge on any atom is 0.182 e. The predicted molar refractivity (Wildman–Crippen MR) is 59.5 cm³/mol. The van der Waals surface area contributed by atoms with Gasteiger partial charge in [-0.1, -0.05) is 0 Å². The Labute approximate surface area is 98.4 Å². The maximum absolute atomic E-state index is 12.1. The molecule has 2 heterocycles. The van der Waals surface area contributed by atoms with E-state index in [0.29, 0.717) is 11.4 Å². The smallest absolute Gasteiger partial charge is 0.182 e. The number of ketones is 1. The first kappa shape index (κ1) is 11.4. The molecule has 2 rings (SSSR count). The van der Waals surface area contributed by atoms with Crippen LogP contribution in [0.5, 0.6) is 0 Å². The van der Waals surface area contributed by atoms with Crippen molar-refractivity contribution in [1.29, 1.82) is 0 Å². The molecule has 0 bridgehead atoms. The van der Waals surface area contributed by atoms with Crippen molar-refractivity contribution < 1.29 is 4.79 Å². The van der Waals surface area contributed by atoms with Crippen LogP contribution in [0.4, 0.5) is 0 Å². The van der Waals surface area contributed by atoms with E-state index in [1.165, 1.54) is 4.80 Å². The standard InChI is InChI=1S/C10H14N6O/c1-6-10(7(2)15(3)12-6)8(17)5-9-11-14-16(4)13-9/h5H2,1-4H3. The van der Waals surface area contributed by atoms with Gasteiger partial charge in [0.1, 0.15) is 0 Å². The van der Waals surface area contributed by atoms with Crippen molar-refractivity contribution in [3.05, 3.63) is 22.8 Å². The van der Waals surface area contributed by atoms with E-state index >= 15 is 0 Å². The summed E-state index contributed by atoms with van der Waals surface area (Å²) in [5.41, 5.74) is 2.25. The molecule has 7 heteroatoms. The molecule has 0 atom stereocenters. The number of carbonyl (C=O) groups excluding carboxylic acids is 1. The van der Waals surface area contributed by atoms with Gasteiger partial charge >= 0.3 is 0 Å². The first-order valence-corrected chi connectivity index (χ1v) is 5.25. The van der Waals surface area contributed by atoms with Crippen molar-refractivity contribution in [3.8, 4) is 0 Å². The van der Waals surface area contributed by atoms with Crippen molar-refractivity contribution in [1.82, 2.24) is 30.0 Å². The highest BCUT2D eigenvalue weighted by atomic mass is 16.1. The van der Waals surface area contributed by atoms with Crippen LogP contribution >= 0.6 is 0 Å². The second-order valence-electron chi connectivity index (χ2n) is 3.96. The SMILES string of the molecule is Cc1nn(C)c(C)c1C(=O)Cc1nnn(C)n1. The number of hydrogen-bond donors (Lipinski definition) is 0. The monoisotopic (exact) mass is 234 g/mol. The number of nitrogens with zero attached hydrogens (tertiary/aromatic N) is 6. The van der Waals surface area contributed by atoms with Gasteiger partial charge in [-0.15, -0.1) is 10.2 Å². The van der Waals surface area contributed by atoms with Crippen LogP contribution in [0.1, 0.15) is 27.6 Å². The summed E-state index contributed by atoms with van der Waals surface area (Å²) in [6, 6.07) is 0. The fourth-order valence-corrected chi connectivity index (χ4v) is 1.80. The van der Waals surface area contributed by atoms with Crippen LogP contribution in [0.3, 0.4) is 0 Å². The lowest BCUT2D eigenvalue weighted by Gasteiger charge is -1.98. The zero-order chi connectivity index (χ0) is 12.6. The van der Waals surface area contributed by atoms with Crippen LogP contribution in [0, 0.1) is 13.8 Å². The minimum Gasteiger partial charge on any atom is -0.294 e. The zero-order valence-corrected chi connectivity index (χ0v) is 10.3. The maximum atomic E-state index is 12.1. The van der Waals surface area contributed by atoms with Crippen molar-refractivity contribution in [2.45, 2.75) is 20.3 Å². The van der Waals surface area contributed by atoms with E-state index in [1.807, 2.05) is 20.9 Å². The molecule has 0 N–H and O–H groups in total. The number of Topliss-reactive ketones (excluding diaryl/α,β-unsaturated/α-hetero) is 1. The van der Waals surface area contributed by atoms with Crippen LogP contribution in [0.25, 0.3) is 0 Å². The number of tetrazole rings is 1. The largest absolute Gasteiger partial charge is 0.294 e. The van der Waals surface area contributed by atoms with Gasteiger partial charge in [0.2, 0.25) is 0 Å². The summed E-state index contributed by atoms with van der Waals surface area (Å²) < 4.78 is 1.70. The Morgan fingerprint density at radius 2 is 1.94 bits per heavy atom. The number of aryl methyl sites for hydroxylation is 3. The molecule has 0 aliphatic rings. The number of hydrogen-bond acceptors (Lipinski definition) is 5. The van der Waals surface area contributed by atoms with E-state index in [0.717, 1.165) is 11.4 Å². The van der Waals surface area contributed by atoms with E-state index in [1.54, 1.807) is 11.7 Å². The van der Waals surface area contributed by atoms with Gasteiger partial charge in [-0.2, -0.15) is 9.90 Å². The van der Waals surface area contributed by atoms with Crippen LogP contribution in [-0.4, -0.2) is 35.8 Å². The normalized spacial score (nSPS) is 10.8. The zero-order valence-electron chi connectivity index (χ0n) is 10.3. The van der Waals surface area contributed by atoms with E-state index < -0.39 is 0 Å². The van der Waals surface area contributed by atoms with Crippen molar-refractivity contribution in [2.75, 3.05) is 0 Å². The Hall–Kier alpha value is -2.05. The molecular weight excluding hydrogens is 220 g/mol. The molecular formula is C10H14N6O. The summed E-state index contributed by atoms with van der Waals surface area (Å²) in [4.78, 5) is 13.4. The Bertz CT molecular complexity index is 567. The molecule has 0 amide bonds. The highest BCUT2D eigenvalue weighted by Crippen LogP contribution is 2.14. The third-order valence-corrected chi connectivity index (χ3v) is 2.66. The van der Waals surface area contributed by atoms with Gasteiger partial charge in [0.15, 0.2) is 11.6 Å². The van der Waals surface area contributed by atoms with Gasteiger partial charge < -0.3 is 0 Å². The summed E-state index contributed by atoms with van der Waals surface area (Å²) in [5.74, 6) is 0.404. The molecule has 0 unspecified atom stereocenters. The lowest BCUT2D eigenvalue weighted by Crippen LogP contribution is -2.08. The lowest BCUT2D eigenvalue weighted by molar-refractivity contribution is 0.0989. The third kappa shape index (κ3) is 2.08. The van der Waals surface area contributed by atoms with E-state index in [2.05, 4.69) is 20.5 Å². The molecule has 0 radical (unpaired) electrons. The number of carbonyl (C=O) groups is 1. The Morgan fingerprint density at radius 1 is 1.24 bits per heavy atom. The van der Waals surface area contributed by atoms with Gasteiger partial charge in [0.05, 0.1) is 24.7 Å². The molecule has 2 aromatic heterocycles. The molecule has 0 aliphatic heterocycles. The summed E-state index contributed by atoms with van der Waals surface area (Å²) >= 11 is 0. The second-order valence-corrected chi connectivity index (χ2v) is 3.96. The molecule has 0 fully saturated rings. The average molecular weight is 234 g/mol. The fourth-order valence-electron chi connectivity index (χ4n) is 1.80. The third-order valence-electron chi connectivity index (χ3n) is 2.66. The first-order chi connectivity index (χ1) is 7.99. The van der Waals surface area contributed by atoms with Gasteiger partial charge in [0.25, 0.3) is 0 Å². The molecule has 7 nitrogen and oxygen atoms in total. The lowest BCUT2D eigenvalue weighted by atomic mass is 10.1. The summed E-state index contributed by atoms with van der Waals surface area (Å²) in [5, 5.41) is 15.7. The van der Waals surface area contributed by atoms with Crippen LogP contribution < -0.4 is 0 Å². The van der Waals surface area contributed by atoms with Gasteiger partial charge in [-0.05, 0) is 19.1 Å². The first-order valence-electron chi connectivity index (χ1n) is 5.25. The van der Waals surface area contributed by atoms with Gasteiger partial charge in [-0.25, -0.2) is 0 Å². The topological polar surface area (TPSA) is 78.5 Å². The summed E-state index contributed by atoms with van der Waals surface area (Å²) in [6.45, 7) is 3.70. The Morgan fingerprint density at radius 3 is 2.41 bits per heavy atom. The molecule has 17 heavy (non-hydrogen) atoms. The van der Waals surface area contributed by atoms with Gasteiger partial charge in [-0.3, -0.25) is 9.48 Å². The molecule has 0 aromatic carbocycles. The number of aromatic nitrogens is 6. The minimum atomic E-state index is -0.0268. The molecule has 0 spiro atoms. The molecule has 0 aliphatic carbocycles. The van der Waals surface area contributed by atoms with Crippen LogP contribution in [0.15, 0.2) is 0 Å². The molecule has 2 aromatic rings. The average Bonchev–Trinajstić information content (AvgIpc) is 2.73. The minimum absolute atomic E-state index is 0.0268. The highest BCUT2D eigenvalue weighted by Gasteiger charge is 2.19. The van der Waals surface area contributed by atoms with Crippen molar-refractivity contribution >= 4 is 5.78 Å². The molecule has 0 saturated carbocycles. The molecule has 90 valence electrons. The van der Waals surface area contributed by atoms with Gasteiger partial charge in [0, 0.05) is 12.7 Å². The van der Waals surface area contributed by atoms with Crippen molar-refractivity contribution in [2.24, 2.45) is 14.1 Å². The fraction of sp³-hybridized carbons (Fsp3) is 0.500. The Kier molecular flexibility index (Phi) is 2.74. The van der Waals surface area contributed by atoms with Crippen LogP contribution in [0.2, 0.25) is 0 Å². The van der Waals surface area contributed by atoms with Crippen LogP contribution in [-0.2, 0) is 20.5 Å². The second kappa shape index (κ2) is 4.08. The quantitative estimate of drug-likeness (QED) is 0.698.